The van der Waals surface area contributed by atoms with E-state index in [9.17, 15) is 0 Å². The summed E-state index contributed by atoms with van der Waals surface area (Å²) in [7, 11) is 3.82. The molecule has 0 aliphatic carbocycles. The molecule has 1 N–H and O–H groups in total. The van der Waals surface area contributed by atoms with Crippen molar-refractivity contribution in [2.45, 2.75) is 13.3 Å². The van der Waals surface area contributed by atoms with Crippen LogP contribution in [0.1, 0.15) is 13.3 Å². The number of nitrogens with one attached hydrogen (secondary N) is 1. The molecule has 1 rings (SSSR count). The Bertz CT molecular complexity index is 131. The van der Waals surface area contributed by atoms with Gasteiger partial charge in [-0.1, -0.05) is 6.92 Å². The van der Waals surface area contributed by atoms with Crippen LogP contribution in [0.15, 0.2) is 5.10 Å². The lowest BCUT2D eigenvalue weighted by molar-refractivity contribution is 0.165. The normalized spacial score (nSPS) is 18.8. The van der Waals surface area contributed by atoms with E-state index in [0.29, 0.717) is 0 Å². The Balaban J connectivity index is 2.57. The molecule has 0 fully saturated rings. The Morgan fingerprint density at radius 2 is 2.22 bits per heavy atom. The maximum Gasteiger partial charge on any atom is 0.141 e. The van der Waals surface area contributed by atoms with Gasteiger partial charge in [0.25, 0.3) is 0 Å². The van der Waals surface area contributed by atoms with Crippen LogP contribution in [0.3, 0.4) is 0 Å². The second-order valence-electron chi connectivity index (χ2n) is 2.05. The average molecular weight is 128 g/mol. The highest BCUT2D eigenvalue weighted by Gasteiger charge is 2.12. The Hall–Kier alpha value is -0.770. The first-order chi connectivity index (χ1) is 4.24. The molecule has 0 saturated carbocycles. The first-order valence-electron chi connectivity index (χ1n) is 3.05. The molecule has 1 aliphatic heterocycles. The van der Waals surface area contributed by atoms with Gasteiger partial charge < -0.3 is 0 Å². The van der Waals surface area contributed by atoms with Gasteiger partial charge in [0.05, 0.1) is 0 Å². The van der Waals surface area contributed by atoms with Gasteiger partial charge in [0.15, 0.2) is 0 Å². The SMILES string of the molecule is CCC1=NN(C)NN1C. The molecule has 0 aromatic heterocycles. The van der Waals surface area contributed by atoms with Crippen LogP contribution in [-0.4, -0.2) is 30.1 Å². The van der Waals surface area contributed by atoms with E-state index >= 15 is 0 Å². The fraction of sp³-hybridized carbons (Fsp3) is 0.800. The minimum atomic E-state index is 0.966. The highest BCUT2D eigenvalue weighted by Crippen LogP contribution is 1.98. The monoisotopic (exact) mass is 128 g/mol. The zero-order valence-electron chi connectivity index (χ0n) is 6.05. The van der Waals surface area contributed by atoms with E-state index in [1.54, 1.807) is 5.12 Å². The van der Waals surface area contributed by atoms with E-state index < -0.39 is 0 Å². The van der Waals surface area contributed by atoms with Gasteiger partial charge in [0, 0.05) is 20.5 Å². The van der Waals surface area contributed by atoms with Crippen LogP contribution in [0.5, 0.6) is 0 Å². The molecule has 0 bridgehead atoms. The summed E-state index contributed by atoms with van der Waals surface area (Å²) in [6, 6.07) is 0. The molecule has 4 nitrogen and oxygen atoms in total. The molecule has 9 heavy (non-hydrogen) atoms. The highest BCUT2D eigenvalue weighted by molar-refractivity contribution is 5.81. The third-order valence-corrected chi connectivity index (χ3v) is 1.26. The van der Waals surface area contributed by atoms with Crippen LogP contribution in [0.4, 0.5) is 0 Å². The predicted octanol–water partition coefficient (Wildman–Crippen LogP) is 0.00670. The lowest BCUT2D eigenvalue weighted by Gasteiger charge is -2.12. The van der Waals surface area contributed by atoms with E-state index in [4.69, 9.17) is 0 Å². The molecule has 0 unspecified atom stereocenters. The maximum absolute atomic E-state index is 4.15. The summed E-state index contributed by atoms with van der Waals surface area (Å²) in [5.41, 5.74) is 2.98. The van der Waals surface area contributed by atoms with Crippen LogP contribution in [0.25, 0.3) is 0 Å². The largest absolute Gasteiger partial charge is 0.278 e. The Kier molecular flexibility index (Phi) is 1.57. The van der Waals surface area contributed by atoms with Gasteiger partial charge in [0.2, 0.25) is 0 Å². The van der Waals surface area contributed by atoms with Crippen molar-refractivity contribution in [1.82, 2.24) is 15.7 Å². The summed E-state index contributed by atoms with van der Waals surface area (Å²) in [5, 5.41) is 7.75. The number of hydrazine groups is 2. The minimum Gasteiger partial charge on any atom is -0.278 e. The molecular weight excluding hydrogens is 116 g/mol. The summed E-state index contributed by atoms with van der Waals surface area (Å²) in [6.45, 7) is 2.08. The highest BCUT2D eigenvalue weighted by atomic mass is 15.9. The first-order valence-corrected chi connectivity index (χ1v) is 3.05. The van der Waals surface area contributed by atoms with Gasteiger partial charge in [0.1, 0.15) is 5.84 Å². The van der Waals surface area contributed by atoms with Crippen LogP contribution < -0.4 is 5.53 Å². The molecule has 0 aromatic rings. The fourth-order valence-corrected chi connectivity index (χ4v) is 0.845. The van der Waals surface area contributed by atoms with Gasteiger partial charge in [-0.3, -0.25) is 5.01 Å². The summed E-state index contributed by atoms with van der Waals surface area (Å²) in [6.07, 6.45) is 0.966. The quantitative estimate of drug-likeness (QED) is 0.539. The topological polar surface area (TPSA) is 30.9 Å². The second-order valence-corrected chi connectivity index (χ2v) is 2.05. The van der Waals surface area contributed by atoms with Gasteiger partial charge in [-0.05, 0) is 0 Å². The number of hydrazone groups is 1. The lowest BCUT2D eigenvalue weighted by Crippen LogP contribution is -2.38. The molecule has 0 radical (unpaired) electrons. The molecular formula is C5H12N4. The first kappa shape index (κ1) is 6.35. The molecule has 0 amide bonds. The summed E-state index contributed by atoms with van der Waals surface area (Å²) in [5.74, 6) is 1.07. The van der Waals surface area contributed by atoms with Gasteiger partial charge in [-0.2, -0.15) is 0 Å². The summed E-state index contributed by atoms with van der Waals surface area (Å²) in [4.78, 5) is 0. The van der Waals surface area contributed by atoms with Crippen LogP contribution in [-0.2, 0) is 0 Å². The number of nitrogens with zero attached hydrogens (tertiary/aromatic N) is 3. The zero-order chi connectivity index (χ0) is 6.85. The van der Waals surface area contributed by atoms with Crippen LogP contribution in [0, 0.1) is 0 Å². The number of hydrogen-bond donors (Lipinski definition) is 1. The van der Waals surface area contributed by atoms with Crippen molar-refractivity contribution in [3.63, 3.8) is 0 Å². The van der Waals surface area contributed by atoms with Gasteiger partial charge >= 0.3 is 0 Å². The van der Waals surface area contributed by atoms with Crippen molar-refractivity contribution >= 4 is 5.84 Å². The third kappa shape index (κ3) is 1.13. The van der Waals surface area contributed by atoms with Crippen LogP contribution in [0.2, 0.25) is 0 Å². The summed E-state index contributed by atoms with van der Waals surface area (Å²) < 4.78 is 0. The van der Waals surface area contributed by atoms with E-state index in [2.05, 4.69) is 17.6 Å². The van der Waals surface area contributed by atoms with Gasteiger partial charge in [-0.15, -0.1) is 10.6 Å². The van der Waals surface area contributed by atoms with Crippen molar-refractivity contribution < 1.29 is 0 Å². The summed E-state index contributed by atoms with van der Waals surface area (Å²) >= 11 is 0. The molecule has 1 heterocycles. The number of amidine groups is 1. The molecule has 0 saturated heterocycles. The second kappa shape index (κ2) is 2.23. The molecule has 0 spiro atoms. The zero-order valence-corrected chi connectivity index (χ0v) is 6.05. The number of rotatable bonds is 1. The van der Waals surface area contributed by atoms with E-state index in [-0.39, 0.29) is 0 Å². The average Bonchev–Trinajstić information content (AvgIpc) is 2.10. The van der Waals surface area contributed by atoms with Crippen molar-refractivity contribution in [3.8, 4) is 0 Å². The van der Waals surface area contributed by atoms with Crippen molar-refractivity contribution in [1.29, 1.82) is 0 Å². The molecule has 0 aromatic carbocycles. The number of hydrogen-bond acceptors (Lipinski definition) is 4. The van der Waals surface area contributed by atoms with Gasteiger partial charge in [-0.25, -0.2) is 5.12 Å². The van der Waals surface area contributed by atoms with Crippen molar-refractivity contribution in [2.24, 2.45) is 5.10 Å². The molecule has 4 heteroatoms. The standard InChI is InChI=1S/C5H12N4/c1-4-5-6-9(3)7-8(5)2/h7H,4H2,1-3H3. The van der Waals surface area contributed by atoms with E-state index in [0.717, 1.165) is 12.3 Å². The predicted molar refractivity (Wildman–Crippen MR) is 36.4 cm³/mol. The Morgan fingerprint density at radius 1 is 1.56 bits per heavy atom. The van der Waals surface area contributed by atoms with Crippen LogP contribution >= 0.6 is 0 Å². The minimum absolute atomic E-state index is 0.966. The Labute approximate surface area is 55.1 Å². The van der Waals surface area contributed by atoms with E-state index in [1.165, 1.54) is 0 Å². The molecule has 52 valence electrons. The fourth-order valence-electron chi connectivity index (χ4n) is 0.845. The van der Waals surface area contributed by atoms with E-state index in [1.807, 2.05) is 19.1 Å². The third-order valence-electron chi connectivity index (χ3n) is 1.26. The van der Waals surface area contributed by atoms with Crippen molar-refractivity contribution in [3.05, 3.63) is 0 Å². The smallest absolute Gasteiger partial charge is 0.141 e. The molecule has 0 atom stereocenters. The van der Waals surface area contributed by atoms with Crippen molar-refractivity contribution in [2.75, 3.05) is 14.1 Å². The lowest BCUT2D eigenvalue weighted by atomic mass is 10.4. The maximum atomic E-state index is 4.15. The Morgan fingerprint density at radius 3 is 2.44 bits per heavy atom. The molecule has 1 aliphatic rings.